The lowest BCUT2D eigenvalue weighted by Crippen LogP contribution is -2.28. The summed E-state index contributed by atoms with van der Waals surface area (Å²) in [5.74, 6) is 0.404. The molecule has 0 spiro atoms. The first kappa shape index (κ1) is 14.9. The number of halogens is 1. The number of benzene rings is 1. The standard InChI is InChI=1S/C15H19FN2OS/c1-10-14(15(2,3)17)20-13(18-10)8-9-19-12-6-4-11(16)5-7-12/h4-7H,8-9,17H2,1-3H3. The molecule has 0 atom stereocenters. The van der Waals surface area contributed by atoms with Crippen molar-refractivity contribution in [2.45, 2.75) is 32.7 Å². The molecule has 1 aromatic carbocycles. The van der Waals surface area contributed by atoms with E-state index in [0.29, 0.717) is 12.4 Å². The van der Waals surface area contributed by atoms with Crippen LogP contribution in [-0.2, 0) is 12.0 Å². The van der Waals surface area contributed by atoms with Crippen molar-refractivity contribution in [2.75, 3.05) is 6.61 Å². The fourth-order valence-electron chi connectivity index (χ4n) is 1.94. The molecule has 0 saturated carbocycles. The van der Waals surface area contributed by atoms with Crippen molar-refractivity contribution in [3.8, 4) is 5.75 Å². The summed E-state index contributed by atoms with van der Waals surface area (Å²) < 4.78 is 18.3. The summed E-state index contributed by atoms with van der Waals surface area (Å²) in [7, 11) is 0. The molecule has 3 nitrogen and oxygen atoms in total. The average Bonchev–Trinajstić information content (AvgIpc) is 2.73. The van der Waals surface area contributed by atoms with Crippen LogP contribution in [0.4, 0.5) is 4.39 Å². The van der Waals surface area contributed by atoms with Crippen molar-refractivity contribution in [1.82, 2.24) is 4.98 Å². The van der Waals surface area contributed by atoms with Gasteiger partial charge in [-0.15, -0.1) is 11.3 Å². The summed E-state index contributed by atoms with van der Waals surface area (Å²) in [5.41, 5.74) is 6.73. The first-order valence-corrected chi connectivity index (χ1v) is 7.32. The van der Waals surface area contributed by atoms with Gasteiger partial charge in [0.15, 0.2) is 0 Å². The van der Waals surface area contributed by atoms with Crippen molar-refractivity contribution in [3.05, 3.63) is 45.7 Å². The Balaban J connectivity index is 1.93. The van der Waals surface area contributed by atoms with Crippen LogP contribution < -0.4 is 10.5 Å². The predicted molar refractivity (Wildman–Crippen MR) is 79.7 cm³/mol. The molecule has 108 valence electrons. The topological polar surface area (TPSA) is 48.1 Å². The Morgan fingerprint density at radius 2 is 1.95 bits per heavy atom. The highest BCUT2D eigenvalue weighted by molar-refractivity contribution is 7.11. The maximum absolute atomic E-state index is 12.8. The number of aryl methyl sites for hydroxylation is 1. The van der Waals surface area contributed by atoms with Crippen LogP contribution in [0, 0.1) is 12.7 Å². The molecule has 2 rings (SSSR count). The largest absolute Gasteiger partial charge is 0.493 e. The summed E-state index contributed by atoms with van der Waals surface area (Å²) in [4.78, 5) is 5.63. The third kappa shape index (κ3) is 3.77. The number of ether oxygens (including phenoxy) is 1. The second kappa shape index (κ2) is 5.89. The molecule has 0 bridgehead atoms. The van der Waals surface area contributed by atoms with Crippen molar-refractivity contribution in [2.24, 2.45) is 5.73 Å². The molecular formula is C15H19FN2OS. The van der Waals surface area contributed by atoms with E-state index in [0.717, 1.165) is 22.0 Å². The Kier molecular flexibility index (Phi) is 4.40. The predicted octanol–water partition coefficient (Wildman–Crippen LogP) is 3.41. The molecule has 0 aliphatic carbocycles. The van der Waals surface area contributed by atoms with Gasteiger partial charge in [0.2, 0.25) is 0 Å². The molecule has 1 heterocycles. The van der Waals surface area contributed by atoms with Gasteiger partial charge in [0, 0.05) is 16.8 Å². The third-order valence-electron chi connectivity index (χ3n) is 2.82. The third-order valence-corrected chi connectivity index (χ3v) is 4.38. The van der Waals surface area contributed by atoms with Gasteiger partial charge in [-0.1, -0.05) is 0 Å². The van der Waals surface area contributed by atoms with E-state index in [4.69, 9.17) is 10.5 Å². The molecule has 2 N–H and O–H groups in total. The zero-order valence-electron chi connectivity index (χ0n) is 11.9. The maximum Gasteiger partial charge on any atom is 0.123 e. The Morgan fingerprint density at radius 1 is 1.30 bits per heavy atom. The van der Waals surface area contributed by atoms with Crippen LogP contribution in [0.15, 0.2) is 24.3 Å². The zero-order chi connectivity index (χ0) is 14.8. The van der Waals surface area contributed by atoms with E-state index in [-0.39, 0.29) is 11.4 Å². The molecule has 0 unspecified atom stereocenters. The van der Waals surface area contributed by atoms with Gasteiger partial charge in [0.25, 0.3) is 0 Å². The molecule has 0 aliphatic heterocycles. The number of hydrogen-bond acceptors (Lipinski definition) is 4. The van der Waals surface area contributed by atoms with Crippen LogP contribution >= 0.6 is 11.3 Å². The number of nitrogens with two attached hydrogens (primary N) is 1. The van der Waals surface area contributed by atoms with Gasteiger partial charge < -0.3 is 10.5 Å². The van der Waals surface area contributed by atoms with Gasteiger partial charge in [0.1, 0.15) is 11.6 Å². The van der Waals surface area contributed by atoms with Crippen LogP contribution in [0.3, 0.4) is 0 Å². The van der Waals surface area contributed by atoms with Gasteiger partial charge in [-0.25, -0.2) is 9.37 Å². The maximum atomic E-state index is 12.8. The second-order valence-corrected chi connectivity index (χ2v) is 6.38. The minimum atomic E-state index is -0.363. The van der Waals surface area contributed by atoms with Gasteiger partial charge >= 0.3 is 0 Å². The van der Waals surface area contributed by atoms with Crippen LogP contribution in [0.2, 0.25) is 0 Å². The number of hydrogen-bond donors (Lipinski definition) is 1. The van der Waals surface area contributed by atoms with E-state index in [2.05, 4.69) is 4.98 Å². The fourth-order valence-corrected chi connectivity index (χ4v) is 3.00. The summed E-state index contributed by atoms with van der Waals surface area (Å²) in [5, 5.41) is 1.01. The molecule has 20 heavy (non-hydrogen) atoms. The molecule has 1 aromatic heterocycles. The van der Waals surface area contributed by atoms with Gasteiger partial charge in [-0.3, -0.25) is 0 Å². The van der Waals surface area contributed by atoms with Crippen LogP contribution in [0.25, 0.3) is 0 Å². The zero-order valence-corrected chi connectivity index (χ0v) is 12.8. The molecule has 2 aromatic rings. The first-order valence-electron chi connectivity index (χ1n) is 6.50. The van der Waals surface area contributed by atoms with Crippen molar-refractivity contribution >= 4 is 11.3 Å². The van der Waals surface area contributed by atoms with E-state index < -0.39 is 0 Å². The normalized spacial score (nSPS) is 11.7. The minimum Gasteiger partial charge on any atom is -0.493 e. The van der Waals surface area contributed by atoms with E-state index >= 15 is 0 Å². The number of aromatic nitrogens is 1. The van der Waals surface area contributed by atoms with Gasteiger partial charge in [-0.2, -0.15) is 0 Å². The Bertz CT molecular complexity index is 573. The highest BCUT2D eigenvalue weighted by Gasteiger charge is 2.21. The second-order valence-electron chi connectivity index (χ2n) is 5.30. The number of rotatable bonds is 5. The van der Waals surface area contributed by atoms with Gasteiger partial charge in [-0.05, 0) is 45.0 Å². The van der Waals surface area contributed by atoms with Gasteiger partial charge in [0.05, 0.1) is 17.3 Å². The Morgan fingerprint density at radius 3 is 2.50 bits per heavy atom. The smallest absolute Gasteiger partial charge is 0.123 e. The fraction of sp³-hybridized carbons (Fsp3) is 0.400. The van der Waals surface area contributed by atoms with E-state index in [1.807, 2.05) is 20.8 Å². The summed E-state index contributed by atoms with van der Waals surface area (Å²) >= 11 is 1.63. The Labute approximate surface area is 122 Å². The molecule has 0 amide bonds. The number of thiazole rings is 1. The quantitative estimate of drug-likeness (QED) is 0.919. The molecule has 0 aliphatic rings. The van der Waals surface area contributed by atoms with Crippen molar-refractivity contribution < 1.29 is 9.13 Å². The lowest BCUT2D eigenvalue weighted by Gasteiger charge is -2.16. The lowest BCUT2D eigenvalue weighted by atomic mass is 10.0. The monoisotopic (exact) mass is 294 g/mol. The summed E-state index contributed by atoms with van der Waals surface area (Å²) in [6, 6.07) is 6.02. The van der Waals surface area contributed by atoms with E-state index in [9.17, 15) is 4.39 Å². The SMILES string of the molecule is Cc1nc(CCOc2ccc(F)cc2)sc1C(C)(C)N. The average molecular weight is 294 g/mol. The van der Waals surface area contributed by atoms with Crippen LogP contribution in [0.5, 0.6) is 5.75 Å². The molecule has 0 radical (unpaired) electrons. The first-order chi connectivity index (χ1) is 9.36. The van der Waals surface area contributed by atoms with E-state index in [1.54, 1.807) is 23.5 Å². The Hall–Kier alpha value is -1.46. The highest BCUT2D eigenvalue weighted by Crippen LogP contribution is 2.28. The summed E-state index contributed by atoms with van der Waals surface area (Å²) in [6.07, 6.45) is 0.721. The van der Waals surface area contributed by atoms with Crippen LogP contribution in [-0.4, -0.2) is 11.6 Å². The van der Waals surface area contributed by atoms with E-state index in [1.165, 1.54) is 12.1 Å². The minimum absolute atomic E-state index is 0.261. The summed E-state index contributed by atoms with van der Waals surface area (Å²) in [6.45, 7) is 6.45. The highest BCUT2D eigenvalue weighted by atomic mass is 32.1. The lowest BCUT2D eigenvalue weighted by molar-refractivity contribution is 0.321. The molecule has 0 fully saturated rings. The molecule has 5 heteroatoms. The van der Waals surface area contributed by atoms with Crippen LogP contribution in [0.1, 0.15) is 29.4 Å². The van der Waals surface area contributed by atoms with Crippen molar-refractivity contribution in [3.63, 3.8) is 0 Å². The molecular weight excluding hydrogens is 275 g/mol. The van der Waals surface area contributed by atoms with Crippen molar-refractivity contribution in [1.29, 1.82) is 0 Å². The number of nitrogens with zero attached hydrogens (tertiary/aromatic N) is 1. The molecule has 0 saturated heterocycles.